The van der Waals surface area contributed by atoms with E-state index in [2.05, 4.69) is 48.4 Å². The molecule has 1 aliphatic heterocycles. The van der Waals surface area contributed by atoms with Crippen LogP contribution >= 0.6 is 0 Å². The second-order valence-corrected chi connectivity index (χ2v) is 4.69. The van der Waals surface area contributed by atoms with Gasteiger partial charge in [0.05, 0.1) is 0 Å². The maximum atomic E-state index is 4.02. The van der Waals surface area contributed by atoms with Crippen molar-refractivity contribution in [1.82, 2.24) is 4.90 Å². The lowest BCUT2D eigenvalue weighted by Gasteiger charge is -2.37. The van der Waals surface area contributed by atoms with Gasteiger partial charge in [-0.3, -0.25) is 0 Å². The van der Waals surface area contributed by atoms with Crippen molar-refractivity contribution in [3.8, 4) is 0 Å². The lowest BCUT2D eigenvalue weighted by Crippen LogP contribution is -2.37. The van der Waals surface area contributed by atoms with Gasteiger partial charge in [-0.15, -0.1) is 0 Å². The number of piperidine rings is 1. The topological polar surface area (TPSA) is 3.24 Å². The second kappa shape index (κ2) is 3.21. The first kappa shape index (κ1) is 9.17. The van der Waals surface area contributed by atoms with Gasteiger partial charge in [-0.2, -0.15) is 0 Å². The van der Waals surface area contributed by atoms with E-state index in [0.29, 0.717) is 5.41 Å². The zero-order valence-electron chi connectivity index (χ0n) is 8.95. The second-order valence-electron chi connectivity index (χ2n) is 4.69. The SMILES string of the molecule is [CH2]N1CCC2(C=Cc3ccccc32)CC1. The number of nitrogens with zero attached hydrogens (tertiary/aromatic N) is 1. The number of hydrogen-bond acceptors (Lipinski definition) is 1. The molecule has 1 nitrogen and oxygen atoms in total. The molecule has 0 N–H and O–H groups in total. The molecular formula is C14H16N. The Bertz CT molecular complexity index is 398. The quantitative estimate of drug-likeness (QED) is 0.619. The molecule has 1 heterocycles. The van der Waals surface area contributed by atoms with Gasteiger partial charge in [0.25, 0.3) is 0 Å². The summed E-state index contributed by atoms with van der Waals surface area (Å²) in [5.74, 6) is 0. The molecule has 1 heteroatoms. The van der Waals surface area contributed by atoms with Gasteiger partial charge in [-0.1, -0.05) is 36.4 Å². The molecule has 1 fully saturated rings. The Morgan fingerprint density at radius 3 is 2.67 bits per heavy atom. The van der Waals surface area contributed by atoms with Crippen molar-refractivity contribution in [3.63, 3.8) is 0 Å². The van der Waals surface area contributed by atoms with Crippen LogP contribution < -0.4 is 0 Å². The van der Waals surface area contributed by atoms with Crippen LogP contribution in [0.25, 0.3) is 6.08 Å². The number of benzene rings is 1. The van der Waals surface area contributed by atoms with Gasteiger partial charge in [-0.25, -0.2) is 0 Å². The Balaban J connectivity index is 1.99. The zero-order valence-corrected chi connectivity index (χ0v) is 8.95. The van der Waals surface area contributed by atoms with E-state index < -0.39 is 0 Å². The van der Waals surface area contributed by atoms with Crippen molar-refractivity contribution in [2.75, 3.05) is 13.1 Å². The normalized spacial score (nSPS) is 23.3. The maximum Gasteiger partial charge on any atom is 0.0165 e. The molecule has 0 atom stereocenters. The third-order valence-corrected chi connectivity index (χ3v) is 3.83. The molecule has 1 aliphatic carbocycles. The summed E-state index contributed by atoms with van der Waals surface area (Å²) in [6.45, 7) is 2.22. The molecule has 1 aromatic carbocycles. The number of fused-ring (bicyclic) bond motifs is 2. The fourth-order valence-corrected chi connectivity index (χ4v) is 2.82. The average molecular weight is 198 g/mol. The van der Waals surface area contributed by atoms with Crippen LogP contribution in [0.4, 0.5) is 0 Å². The van der Waals surface area contributed by atoms with E-state index in [0.717, 1.165) is 13.1 Å². The summed E-state index contributed by atoms with van der Waals surface area (Å²) in [5, 5.41) is 0. The predicted molar refractivity (Wildman–Crippen MR) is 63.3 cm³/mol. The van der Waals surface area contributed by atoms with Crippen LogP contribution in [0, 0.1) is 7.05 Å². The first-order valence-corrected chi connectivity index (χ1v) is 5.64. The van der Waals surface area contributed by atoms with E-state index >= 15 is 0 Å². The van der Waals surface area contributed by atoms with Crippen molar-refractivity contribution in [3.05, 3.63) is 48.5 Å². The molecule has 1 spiro atoms. The van der Waals surface area contributed by atoms with E-state index in [1.807, 2.05) is 0 Å². The number of hydrogen-bond donors (Lipinski definition) is 0. The third kappa shape index (κ3) is 1.34. The minimum atomic E-state index is 0.324. The summed E-state index contributed by atoms with van der Waals surface area (Å²) < 4.78 is 0. The maximum absolute atomic E-state index is 4.02. The number of allylic oxidation sites excluding steroid dienone is 1. The van der Waals surface area contributed by atoms with Gasteiger partial charge in [-0.05, 0) is 37.1 Å². The van der Waals surface area contributed by atoms with Gasteiger partial charge in [0.15, 0.2) is 0 Å². The minimum absolute atomic E-state index is 0.324. The van der Waals surface area contributed by atoms with Gasteiger partial charge < -0.3 is 4.90 Å². The Kier molecular flexibility index (Phi) is 1.96. The van der Waals surface area contributed by atoms with E-state index in [1.165, 1.54) is 24.0 Å². The largest absolute Gasteiger partial charge is 0.302 e. The highest BCUT2D eigenvalue weighted by molar-refractivity contribution is 5.65. The lowest BCUT2D eigenvalue weighted by molar-refractivity contribution is 0.240. The average Bonchev–Trinajstić information content (AvgIpc) is 2.63. The Morgan fingerprint density at radius 1 is 1.13 bits per heavy atom. The van der Waals surface area contributed by atoms with Crippen molar-refractivity contribution >= 4 is 6.08 Å². The molecule has 0 aromatic heterocycles. The highest BCUT2D eigenvalue weighted by Gasteiger charge is 2.36. The smallest absolute Gasteiger partial charge is 0.0165 e. The summed E-state index contributed by atoms with van der Waals surface area (Å²) >= 11 is 0. The van der Waals surface area contributed by atoms with Crippen LogP contribution in [-0.2, 0) is 5.41 Å². The molecule has 0 bridgehead atoms. The molecule has 2 aliphatic rings. The van der Waals surface area contributed by atoms with E-state index in [9.17, 15) is 0 Å². The van der Waals surface area contributed by atoms with Crippen LogP contribution in [0.15, 0.2) is 30.3 Å². The molecular weight excluding hydrogens is 182 g/mol. The Hall–Kier alpha value is -1.08. The molecule has 0 unspecified atom stereocenters. The fourth-order valence-electron chi connectivity index (χ4n) is 2.82. The summed E-state index contributed by atoms with van der Waals surface area (Å²) in [5.41, 5.74) is 3.26. The van der Waals surface area contributed by atoms with E-state index in [4.69, 9.17) is 0 Å². The standard InChI is InChI=1S/C14H16N/c1-15-10-8-14(9-11-15)7-6-12-4-2-3-5-13(12)14/h2-7H,1,8-11H2. The molecule has 1 aromatic rings. The van der Waals surface area contributed by atoms with E-state index in [-0.39, 0.29) is 0 Å². The van der Waals surface area contributed by atoms with Gasteiger partial charge in [0, 0.05) is 12.5 Å². The summed E-state index contributed by atoms with van der Waals surface area (Å²) in [4.78, 5) is 2.18. The first-order chi connectivity index (χ1) is 7.30. The Labute approximate surface area is 91.4 Å². The first-order valence-electron chi connectivity index (χ1n) is 5.64. The van der Waals surface area contributed by atoms with Gasteiger partial charge in [0.2, 0.25) is 0 Å². The highest BCUT2D eigenvalue weighted by atomic mass is 15.1. The molecule has 0 saturated carbocycles. The fraction of sp³-hybridized carbons (Fsp3) is 0.357. The third-order valence-electron chi connectivity index (χ3n) is 3.83. The van der Waals surface area contributed by atoms with Crippen LogP contribution in [0.3, 0.4) is 0 Å². The zero-order chi connectivity index (χ0) is 10.3. The molecule has 3 rings (SSSR count). The lowest BCUT2D eigenvalue weighted by atomic mass is 9.75. The molecule has 1 radical (unpaired) electrons. The van der Waals surface area contributed by atoms with E-state index in [1.54, 1.807) is 0 Å². The highest BCUT2D eigenvalue weighted by Crippen LogP contribution is 2.43. The molecule has 1 saturated heterocycles. The monoisotopic (exact) mass is 198 g/mol. The van der Waals surface area contributed by atoms with Crippen molar-refractivity contribution in [2.45, 2.75) is 18.3 Å². The van der Waals surface area contributed by atoms with Gasteiger partial charge in [0.1, 0.15) is 0 Å². The minimum Gasteiger partial charge on any atom is -0.302 e. The summed E-state index contributed by atoms with van der Waals surface area (Å²) in [7, 11) is 4.02. The van der Waals surface area contributed by atoms with Crippen molar-refractivity contribution < 1.29 is 0 Å². The van der Waals surface area contributed by atoms with Crippen LogP contribution in [0.5, 0.6) is 0 Å². The Morgan fingerprint density at radius 2 is 1.87 bits per heavy atom. The van der Waals surface area contributed by atoms with Gasteiger partial charge >= 0.3 is 0 Å². The van der Waals surface area contributed by atoms with Crippen molar-refractivity contribution in [2.24, 2.45) is 0 Å². The predicted octanol–water partition coefficient (Wildman–Crippen LogP) is 2.84. The van der Waals surface area contributed by atoms with Crippen molar-refractivity contribution in [1.29, 1.82) is 0 Å². The number of rotatable bonds is 0. The summed E-state index contributed by atoms with van der Waals surface area (Å²) in [6, 6.07) is 8.79. The van der Waals surface area contributed by atoms with Crippen LogP contribution in [0.2, 0.25) is 0 Å². The van der Waals surface area contributed by atoms with Crippen LogP contribution in [0.1, 0.15) is 24.0 Å². The molecule has 15 heavy (non-hydrogen) atoms. The molecule has 0 amide bonds. The molecule has 77 valence electrons. The number of likely N-dealkylation sites (tertiary alicyclic amines) is 1. The van der Waals surface area contributed by atoms with Crippen LogP contribution in [-0.4, -0.2) is 18.0 Å². The summed E-state index contributed by atoms with van der Waals surface area (Å²) in [6.07, 6.45) is 7.12.